The molecule has 0 aromatic carbocycles. The van der Waals surface area contributed by atoms with Gasteiger partial charge in [-0.2, -0.15) is 0 Å². The molecule has 0 radical (unpaired) electrons. The molecule has 13 heavy (non-hydrogen) atoms. The Morgan fingerprint density at radius 3 is 3.08 bits per heavy atom. The molecule has 0 spiro atoms. The summed E-state index contributed by atoms with van der Waals surface area (Å²) >= 11 is 5.53. The van der Waals surface area contributed by atoms with Crippen LogP contribution in [0.15, 0.2) is 12.3 Å². The molecular weight excluding hydrogens is 192 g/mol. The normalized spacial score (nSPS) is 9.38. The second-order valence-electron chi connectivity index (χ2n) is 2.24. The van der Waals surface area contributed by atoms with Crippen LogP contribution in [0.25, 0.3) is 0 Å². The molecule has 1 amide bonds. The summed E-state index contributed by atoms with van der Waals surface area (Å²) in [7, 11) is 1.57. The lowest BCUT2D eigenvalue weighted by Crippen LogP contribution is -2.26. The van der Waals surface area contributed by atoms with Gasteiger partial charge in [0.2, 0.25) is 11.2 Å². The van der Waals surface area contributed by atoms with Crippen molar-refractivity contribution in [3.63, 3.8) is 0 Å². The number of aromatic nitrogens is 2. The summed E-state index contributed by atoms with van der Waals surface area (Å²) in [6.45, 7) is 0.170. The highest BCUT2D eigenvalue weighted by molar-refractivity contribution is 6.28. The van der Waals surface area contributed by atoms with Gasteiger partial charge in [-0.25, -0.2) is 9.97 Å². The fraction of sp³-hybridized carbons (Fsp3) is 0.286. The van der Waals surface area contributed by atoms with Crippen molar-refractivity contribution in [2.45, 2.75) is 0 Å². The minimum absolute atomic E-state index is 0.116. The summed E-state index contributed by atoms with van der Waals surface area (Å²) in [6.07, 6.45) is 1.52. The van der Waals surface area contributed by atoms with Gasteiger partial charge in [0.25, 0.3) is 0 Å². The minimum Gasteiger partial charge on any atom is -0.361 e. The number of nitrogens with one attached hydrogen (secondary N) is 2. The summed E-state index contributed by atoms with van der Waals surface area (Å²) in [5, 5.41) is 5.42. The molecule has 0 saturated carbocycles. The van der Waals surface area contributed by atoms with Gasteiger partial charge in [0.05, 0.1) is 6.54 Å². The number of hydrogen-bond donors (Lipinski definition) is 2. The van der Waals surface area contributed by atoms with Gasteiger partial charge in [0, 0.05) is 13.2 Å². The molecule has 5 nitrogen and oxygen atoms in total. The first kappa shape index (κ1) is 9.73. The molecular formula is C7H9ClN4O. The lowest BCUT2D eigenvalue weighted by atomic mass is 10.5. The molecule has 0 aliphatic rings. The van der Waals surface area contributed by atoms with Gasteiger partial charge in [0.1, 0.15) is 5.82 Å². The third-order valence-electron chi connectivity index (χ3n) is 1.34. The van der Waals surface area contributed by atoms with E-state index in [1.165, 1.54) is 6.20 Å². The van der Waals surface area contributed by atoms with Crippen LogP contribution in [0.4, 0.5) is 5.82 Å². The topological polar surface area (TPSA) is 66.9 Å². The van der Waals surface area contributed by atoms with Crippen molar-refractivity contribution >= 4 is 23.3 Å². The zero-order valence-electron chi connectivity index (χ0n) is 7.04. The Morgan fingerprint density at radius 1 is 1.69 bits per heavy atom. The summed E-state index contributed by atoms with van der Waals surface area (Å²) in [6, 6.07) is 1.63. The molecule has 70 valence electrons. The molecule has 1 rings (SSSR count). The van der Waals surface area contributed by atoms with Crippen molar-refractivity contribution in [3.8, 4) is 0 Å². The third kappa shape index (κ3) is 3.25. The van der Waals surface area contributed by atoms with E-state index in [1.807, 2.05) is 0 Å². The fourth-order valence-corrected chi connectivity index (χ4v) is 0.840. The van der Waals surface area contributed by atoms with Gasteiger partial charge in [0.15, 0.2) is 0 Å². The number of nitrogens with zero attached hydrogens (tertiary/aromatic N) is 2. The largest absolute Gasteiger partial charge is 0.361 e. The Bertz CT molecular complexity index is 304. The number of anilines is 1. The van der Waals surface area contributed by atoms with Gasteiger partial charge in [-0.15, -0.1) is 0 Å². The first-order valence-corrected chi connectivity index (χ1v) is 4.03. The average molecular weight is 201 g/mol. The average Bonchev–Trinajstić information content (AvgIpc) is 2.14. The molecule has 0 bridgehead atoms. The first-order valence-electron chi connectivity index (χ1n) is 3.65. The molecule has 2 N–H and O–H groups in total. The van der Waals surface area contributed by atoms with Crippen LogP contribution in [0.3, 0.4) is 0 Å². The number of carbonyl (C=O) groups is 1. The van der Waals surface area contributed by atoms with Crippen LogP contribution >= 0.6 is 11.6 Å². The number of hydrogen-bond acceptors (Lipinski definition) is 4. The number of amides is 1. The molecule has 1 heterocycles. The van der Waals surface area contributed by atoms with E-state index >= 15 is 0 Å². The molecule has 0 aliphatic heterocycles. The lowest BCUT2D eigenvalue weighted by molar-refractivity contribution is -0.118. The second kappa shape index (κ2) is 4.61. The van der Waals surface area contributed by atoms with E-state index in [4.69, 9.17) is 11.6 Å². The zero-order valence-corrected chi connectivity index (χ0v) is 7.80. The standard InChI is InChI=1S/C7H9ClN4O/c1-9-6(13)4-11-5-2-3-10-7(8)12-5/h2-3H,4H2,1H3,(H,9,13)(H,10,11,12). The van der Waals surface area contributed by atoms with E-state index in [9.17, 15) is 4.79 Å². The van der Waals surface area contributed by atoms with E-state index < -0.39 is 0 Å². The molecule has 6 heteroatoms. The van der Waals surface area contributed by atoms with Crippen LogP contribution in [0.5, 0.6) is 0 Å². The molecule has 0 saturated heterocycles. The highest BCUT2D eigenvalue weighted by Gasteiger charge is 1.99. The highest BCUT2D eigenvalue weighted by atomic mass is 35.5. The van der Waals surface area contributed by atoms with Crippen LogP contribution in [0.2, 0.25) is 5.28 Å². The van der Waals surface area contributed by atoms with Crippen LogP contribution in [0, 0.1) is 0 Å². The van der Waals surface area contributed by atoms with Crippen molar-refractivity contribution in [2.75, 3.05) is 18.9 Å². The van der Waals surface area contributed by atoms with E-state index in [2.05, 4.69) is 20.6 Å². The van der Waals surface area contributed by atoms with Gasteiger partial charge in [-0.05, 0) is 17.7 Å². The summed E-state index contributed by atoms with van der Waals surface area (Å²) in [5.41, 5.74) is 0. The van der Waals surface area contributed by atoms with E-state index in [-0.39, 0.29) is 17.7 Å². The maximum Gasteiger partial charge on any atom is 0.239 e. The molecule has 0 unspecified atom stereocenters. The summed E-state index contributed by atoms with van der Waals surface area (Å²) in [5.74, 6) is 0.415. The van der Waals surface area contributed by atoms with Gasteiger partial charge < -0.3 is 10.6 Å². The Labute approximate surface area is 80.5 Å². The van der Waals surface area contributed by atoms with Crippen LogP contribution in [-0.4, -0.2) is 29.5 Å². The smallest absolute Gasteiger partial charge is 0.239 e. The van der Waals surface area contributed by atoms with E-state index in [1.54, 1.807) is 13.1 Å². The molecule has 0 aliphatic carbocycles. The predicted octanol–water partition coefficient (Wildman–Crippen LogP) is 0.288. The Morgan fingerprint density at radius 2 is 2.46 bits per heavy atom. The fourth-order valence-electron chi connectivity index (χ4n) is 0.693. The molecule has 1 aromatic heterocycles. The number of halogens is 1. The van der Waals surface area contributed by atoms with Crippen molar-refractivity contribution < 1.29 is 4.79 Å². The van der Waals surface area contributed by atoms with Gasteiger partial charge in [-0.1, -0.05) is 0 Å². The molecule has 1 aromatic rings. The van der Waals surface area contributed by atoms with Crippen LogP contribution < -0.4 is 10.6 Å². The minimum atomic E-state index is -0.116. The highest BCUT2D eigenvalue weighted by Crippen LogP contribution is 2.04. The quantitative estimate of drug-likeness (QED) is 0.689. The predicted molar refractivity (Wildman–Crippen MR) is 49.6 cm³/mol. The van der Waals surface area contributed by atoms with Gasteiger partial charge in [-0.3, -0.25) is 4.79 Å². The van der Waals surface area contributed by atoms with Crippen molar-refractivity contribution in [3.05, 3.63) is 17.5 Å². The maximum atomic E-state index is 10.8. The molecule has 0 atom stereocenters. The Balaban J connectivity index is 2.50. The Hall–Kier alpha value is -1.36. The monoisotopic (exact) mass is 200 g/mol. The van der Waals surface area contributed by atoms with Crippen LogP contribution in [0.1, 0.15) is 0 Å². The lowest BCUT2D eigenvalue weighted by Gasteiger charge is -2.03. The summed E-state index contributed by atoms with van der Waals surface area (Å²) < 4.78 is 0. The molecule has 0 fully saturated rings. The third-order valence-corrected chi connectivity index (χ3v) is 1.52. The number of rotatable bonds is 3. The van der Waals surface area contributed by atoms with Crippen molar-refractivity contribution in [1.29, 1.82) is 0 Å². The van der Waals surface area contributed by atoms with Crippen molar-refractivity contribution in [1.82, 2.24) is 15.3 Å². The van der Waals surface area contributed by atoms with Gasteiger partial charge >= 0.3 is 0 Å². The van der Waals surface area contributed by atoms with Crippen LogP contribution in [-0.2, 0) is 4.79 Å². The second-order valence-corrected chi connectivity index (χ2v) is 2.58. The Kier molecular flexibility index (Phi) is 3.45. The van der Waals surface area contributed by atoms with Crippen molar-refractivity contribution in [2.24, 2.45) is 0 Å². The van der Waals surface area contributed by atoms with E-state index in [0.717, 1.165) is 0 Å². The SMILES string of the molecule is CNC(=O)CNc1ccnc(Cl)n1. The number of likely N-dealkylation sites (N-methyl/N-ethyl adjacent to an activating group) is 1. The number of carbonyl (C=O) groups excluding carboxylic acids is 1. The van der Waals surface area contributed by atoms with E-state index in [0.29, 0.717) is 5.82 Å². The zero-order chi connectivity index (χ0) is 9.68. The maximum absolute atomic E-state index is 10.8. The summed E-state index contributed by atoms with van der Waals surface area (Å²) in [4.78, 5) is 18.4. The first-order chi connectivity index (χ1) is 6.22.